The molecule has 1 saturated heterocycles. The molecule has 0 aliphatic carbocycles. The van der Waals surface area contributed by atoms with Crippen molar-refractivity contribution in [1.29, 1.82) is 0 Å². The highest BCUT2D eigenvalue weighted by molar-refractivity contribution is 5.77. The molecule has 0 bridgehead atoms. The van der Waals surface area contributed by atoms with Crippen LogP contribution in [-0.4, -0.2) is 47.6 Å². The number of nitrogens with one attached hydrogen (secondary N) is 2. The van der Waals surface area contributed by atoms with Crippen LogP contribution >= 0.6 is 0 Å². The highest BCUT2D eigenvalue weighted by atomic mass is 16.1. The van der Waals surface area contributed by atoms with Crippen LogP contribution in [0.5, 0.6) is 0 Å². The summed E-state index contributed by atoms with van der Waals surface area (Å²) in [6.07, 6.45) is 1.85. The topological polar surface area (TPSA) is 61.0 Å². The van der Waals surface area contributed by atoms with Crippen molar-refractivity contribution in [3.8, 4) is 0 Å². The lowest BCUT2D eigenvalue weighted by Gasteiger charge is -2.26. The second kappa shape index (κ2) is 6.15. The Hall–Kier alpha value is -1.72. The second-order valence-electron chi connectivity index (χ2n) is 5.22. The molecule has 5 nitrogen and oxygen atoms in total. The minimum absolute atomic E-state index is 0.0345. The molecular weight excluding hydrogens is 252 g/mol. The maximum atomic E-state index is 12.0. The predicted molar refractivity (Wildman–Crippen MR) is 80.0 cm³/mol. The Labute approximate surface area is 118 Å². The van der Waals surface area contributed by atoms with E-state index in [0.29, 0.717) is 5.39 Å². The molecule has 0 saturated carbocycles. The molecule has 2 N–H and O–H groups in total. The number of aryl methyl sites for hydroxylation is 1. The Bertz CT molecular complexity index is 631. The summed E-state index contributed by atoms with van der Waals surface area (Å²) in [7, 11) is 0. The zero-order valence-corrected chi connectivity index (χ0v) is 11.6. The molecule has 0 amide bonds. The number of para-hydroxylation sites is 1. The Morgan fingerprint density at radius 3 is 2.85 bits per heavy atom. The van der Waals surface area contributed by atoms with Gasteiger partial charge in [0.25, 0.3) is 5.56 Å². The molecule has 0 atom stereocenters. The summed E-state index contributed by atoms with van der Waals surface area (Å²) < 4.78 is 0. The number of benzene rings is 1. The zero-order chi connectivity index (χ0) is 13.8. The summed E-state index contributed by atoms with van der Waals surface area (Å²) in [6.45, 7) is 5.44. The van der Waals surface area contributed by atoms with E-state index < -0.39 is 0 Å². The van der Waals surface area contributed by atoms with E-state index in [1.54, 1.807) is 0 Å². The van der Waals surface area contributed by atoms with E-state index in [4.69, 9.17) is 0 Å². The number of nitrogens with zero attached hydrogens (tertiary/aromatic N) is 2. The van der Waals surface area contributed by atoms with Gasteiger partial charge in [0.15, 0.2) is 0 Å². The first-order valence-electron chi connectivity index (χ1n) is 7.24. The number of hydrogen-bond donors (Lipinski definition) is 2. The first kappa shape index (κ1) is 13.3. The van der Waals surface area contributed by atoms with Crippen molar-refractivity contribution in [2.45, 2.75) is 12.8 Å². The van der Waals surface area contributed by atoms with Gasteiger partial charge in [-0.3, -0.25) is 4.79 Å². The number of piperazine rings is 1. The van der Waals surface area contributed by atoms with Gasteiger partial charge >= 0.3 is 0 Å². The number of aromatic nitrogens is 2. The summed E-state index contributed by atoms with van der Waals surface area (Å²) in [6, 6.07) is 7.48. The standard InChI is InChI=1S/C15H20N4O/c20-15-12-4-1-2-5-13(12)17-14(18-15)6-3-9-19-10-7-16-8-11-19/h1-2,4-5,16H,3,6-11H2,(H,17,18,20). The van der Waals surface area contributed by atoms with Gasteiger partial charge in [0.2, 0.25) is 0 Å². The fraction of sp³-hybridized carbons (Fsp3) is 0.467. The van der Waals surface area contributed by atoms with Crippen LogP contribution in [0.4, 0.5) is 0 Å². The van der Waals surface area contributed by atoms with Gasteiger partial charge in [0.05, 0.1) is 10.9 Å². The Kier molecular flexibility index (Phi) is 4.08. The summed E-state index contributed by atoms with van der Waals surface area (Å²) in [5.74, 6) is 0.795. The van der Waals surface area contributed by atoms with Gasteiger partial charge in [-0.2, -0.15) is 0 Å². The van der Waals surface area contributed by atoms with Crippen LogP contribution in [0.25, 0.3) is 10.9 Å². The molecule has 2 heterocycles. The van der Waals surface area contributed by atoms with Crippen LogP contribution in [0.15, 0.2) is 29.1 Å². The Morgan fingerprint density at radius 2 is 2.00 bits per heavy atom. The number of fused-ring (bicyclic) bond motifs is 1. The third-order valence-corrected chi connectivity index (χ3v) is 3.76. The normalized spacial score (nSPS) is 16.6. The van der Waals surface area contributed by atoms with Gasteiger partial charge in [0.1, 0.15) is 5.82 Å². The fourth-order valence-corrected chi connectivity index (χ4v) is 2.66. The van der Waals surface area contributed by atoms with Crippen LogP contribution in [0.2, 0.25) is 0 Å². The monoisotopic (exact) mass is 272 g/mol. The van der Waals surface area contributed by atoms with Crippen LogP contribution < -0.4 is 10.9 Å². The molecule has 1 aromatic carbocycles. The van der Waals surface area contributed by atoms with Crippen LogP contribution in [0.1, 0.15) is 12.2 Å². The van der Waals surface area contributed by atoms with E-state index in [1.165, 1.54) is 0 Å². The minimum Gasteiger partial charge on any atom is -0.314 e. The predicted octanol–water partition coefficient (Wildman–Crippen LogP) is 0.761. The van der Waals surface area contributed by atoms with Gasteiger partial charge in [-0.05, 0) is 25.1 Å². The van der Waals surface area contributed by atoms with E-state index in [-0.39, 0.29) is 5.56 Å². The third-order valence-electron chi connectivity index (χ3n) is 3.76. The number of H-pyrrole nitrogens is 1. The van der Waals surface area contributed by atoms with Crippen molar-refractivity contribution < 1.29 is 0 Å². The lowest BCUT2D eigenvalue weighted by Crippen LogP contribution is -2.43. The van der Waals surface area contributed by atoms with Crippen molar-refractivity contribution in [2.24, 2.45) is 0 Å². The fourth-order valence-electron chi connectivity index (χ4n) is 2.66. The molecule has 1 fully saturated rings. The average molecular weight is 272 g/mol. The molecule has 20 heavy (non-hydrogen) atoms. The van der Waals surface area contributed by atoms with Gasteiger partial charge in [-0.25, -0.2) is 4.98 Å². The first-order chi connectivity index (χ1) is 9.83. The number of rotatable bonds is 4. The molecule has 5 heteroatoms. The van der Waals surface area contributed by atoms with Crippen molar-refractivity contribution >= 4 is 10.9 Å². The molecule has 3 rings (SSSR count). The van der Waals surface area contributed by atoms with Crippen molar-refractivity contribution in [3.05, 3.63) is 40.4 Å². The van der Waals surface area contributed by atoms with Crippen LogP contribution in [0.3, 0.4) is 0 Å². The number of aromatic amines is 1. The maximum Gasteiger partial charge on any atom is 0.258 e. The van der Waals surface area contributed by atoms with Crippen LogP contribution in [-0.2, 0) is 6.42 Å². The van der Waals surface area contributed by atoms with E-state index in [2.05, 4.69) is 20.2 Å². The minimum atomic E-state index is -0.0345. The summed E-state index contributed by atoms with van der Waals surface area (Å²) in [5, 5.41) is 4.01. The highest BCUT2D eigenvalue weighted by Gasteiger charge is 2.09. The van der Waals surface area contributed by atoms with E-state index in [1.807, 2.05) is 24.3 Å². The quantitative estimate of drug-likeness (QED) is 0.862. The van der Waals surface area contributed by atoms with Gasteiger partial charge < -0.3 is 15.2 Å². The number of hydrogen-bond acceptors (Lipinski definition) is 4. The van der Waals surface area contributed by atoms with Gasteiger partial charge in [0, 0.05) is 32.6 Å². The van der Waals surface area contributed by atoms with Gasteiger partial charge in [-0.15, -0.1) is 0 Å². The van der Waals surface area contributed by atoms with E-state index >= 15 is 0 Å². The molecule has 0 spiro atoms. The summed E-state index contributed by atoms with van der Waals surface area (Å²) >= 11 is 0. The van der Waals surface area contributed by atoms with Gasteiger partial charge in [-0.1, -0.05) is 12.1 Å². The zero-order valence-electron chi connectivity index (χ0n) is 11.6. The van der Waals surface area contributed by atoms with Crippen molar-refractivity contribution in [1.82, 2.24) is 20.2 Å². The van der Waals surface area contributed by atoms with Crippen molar-refractivity contribution in [3.63, 3.8) is 0 Å². The smallest absolute Gasteiger partial charge is 0.258 e. The Morgan fingerprint density at radius 1 is 1.20 bits per heavy atom. The van der Waals surface area contributed by atoms with Crippen molar-refractivity contribution in [2.75, 3.05) is 32.7 Å². The maximum absolute atomic E-state index is 12.0. The molecule has 0 radical (unpaired) electrons. The first-order valence-corrected chi connectivity index (χ1v) is 7.24. The second-order valence-corrected chi connectivity index (χ2v) is 5.22. The van der Waals surface area contributed by atoms with E-state index in [9.17, 15) is 4.79 Å². The molecule has 2 aromatic rings. The molecule has 1 aliphatic rings. The molecular formula is C15H20N4O. The van der Waals surface area contributed by atoms with Crippen LogP contribution in [0, 0.1) is 0 Å². The van der Waals surface area contributed by atoms with E-state index in [0.717, 1.165) is 56.9 Å². The summed E-state index contributed by atoms with van der Waals surface area (Å²) in [5.41, 5.74) is 0.751. The average Bonchev–Trinajstić information content (AvgIpc) is 2.48. The third kappa shape index (κ3) is 3.05. The molecule has 1 aromatic heterocycles. The lowest BCUT2D eigenvalue weighted by atomic mass is 10.2. The lowest BCUT2D eigenvalue weighted by molar-refractivity contribution is 0.238. The summed E-state index contributed by atoms with van der Waals surface area (Å²) in [4.78, 5) is 21.8. The molecule has 106 valence electrons. The molecule has 1 aliphatic heterocycles. The highest BCUT2D eigenvalue weighted by Crippen LogP contribution is 2.07. The largest absolute Gasteiger partial charge is 0.314 e. The Balaban J connectivity index is 1.64. The SMILES string of the molecule is O=c1[nH]c(CCCN2CCNCC2)nc2ccccc12. The molecule has 0 unspecified atom stereocenters.